The quantitative estimate of drug-likeness (QED) is 0.661. The minimum atomic E-state index is -4.45. The molecule has 2 heterocycles. The zero-order valence-electron chi connectivity index (χ0n) is 12.4. The standard InChI is InChI=1S/C15H13F3N4OS/c1-8(11-6-19-22-13(11)23)9-2-4-10(5-3-9)20-14-21-12(7-24-14)15(16,17)18/h2-8H,1H3,(H,20,21)(H2,19,22,23)/t8-/m1/s1. The number of anilines is 2. The van der Waals surface area contributed by atoms with Gasteiger partial charge in [-0.05, 0) is 17.7 Å². The van der Waals surface area contributed by atoms with Gasteiger partial charge in [-0.3, -0.25) is 9.89 Å². The third kappa shape index (κ3) is 3.35. The van der Waals surface area contributed by atoms with Crippen LogP contribution in [0, 0.1) is 0 Å². The van der Waals surface area contributed by atoms with Crippen LogP contribution >= 0.6 is 11.3 Å². The lowest BCUT2D eigenvalue weighted by Crippen LogP contribution is -2.09. The largest absolute Gasteiger partial charge is 0.434 e. The van der Waals surface area contributed by atoms with Crippen LogP contribution < -0.4 is 10.9 Å². The van der Waals surface area contributed by atoms with Crippen LogP contribution in [0.2, 0.25) is 0 Å². The molecule has 5 nitrogen and oxygen atoms in total. The number of halogens is 3. The highest BCUT2D eigenvalue weighted by molar-refractivity contribution is 7.13. The molecule has 1 atom stereocenters. The van der Waals surface area contributed by atoms with E-state index in [0.29, 0.717) is 11.3 Å². The van der Waals surface area contributed by atoms with Crippen molar-refractivity contribution in [2.75, 3.05) is 5.32 Å². The minimum Gasteiger partial charge on any atom is -0.332 e. The molecule has 3 aromatic rings. The van der Waals surface area contributed by atoms with Gasteiger partial charge in [0.05, 0.1) is 0 Å². The number of benzene rings is 1. The van der Waals surface area contributed by atoms with Crippen molar-refractivity contribution in [1.29, 1.82) is 0 Å². The Hall–Kier alpha value is -2.55. The van der Waals surface area contributed by atoms with Crippen LogP contribution in [0.1, 0.15) is 29.7 Å². The molecule has 3 rings (SSSR count). The maximum absolute atomic E-state index is 12.5. The number of hydrogen-bond acceptors (Lipinski definition) is 4. The molecule has 3 N–H and O–H groups in total. The Morgan fingerprint density at radius 1 is 1.25 bits per heavy atom. The molecule has 0 aliphatic heterocycles. The molecule has 24 heavy (non-hydrogen) atoms. The molecule has 0 saturated carbocycles. The van der Waals surface area contributed by atoms with E-state index in [1.807, 2.05) is 19.1 Å². The van der Waals surface area contributed by atoms with Gasteiger partial charge in [0.2, 0.25) is 0 Å². The number of nitrogens with one attached hydrogen (secondary N) is 3. The Balaban J connectivity index is 1.74. The second-order valence-corrected chi connectivity index (χ2v) is 6.06. The molecule has 126 valence electrons. The van der Waals surface area contributed by atoms with Crippen LogP contribution in [0.4, 0.5) is 24.0 Å². The third-order valence-corrected chi connectivity index (χ3v) is 4.36. The summed E-state index contributed by atoms with van der Waals surface area (Å²) in [6, 6.07) is 7.11. The second-order valence-electron chi connectivity index (χ2n) is 5.20. The monoisotopic (exact) mass is 354 g/mol. The Morgan fingerprint density at radius 3 is 2.50 bits per heavy atom. The van der Waals surface area contributed by atoms with Crippen molar-refractivity contribution in [3.63, 3.8) is 0 Å². The molecule has 0 unspecified atom stereocenters. The molecule has 1 aromatic carbocycles. The summed E-state index contributed by atoms with van der Waals surface area (Å²) in [6.07, 6.45) is -2.83. The lowest BCUT2D eigenvalue weighted by Gasteiger charge is -2.10. The number of nitrogens with zero attached hydrogens (tertiary/aromatic N) is 1. The predicted molar refractivity (Wildman–Crippen MR) is 85.8 cm³/mol. The fourth-order valence-electron chi connectivity index (χ4n) is 2.26. The molecule has 0 aliphatic rings. The van der Waals surface area contributed by atoms with Gasteiger partial charge in [0.15, 0.2) is 10.8 Å². The van der Waals surface area contributed by atoms with Crippen molar-refractivity contribution in [2.45, 2.75) is 19.0 Å². The number of rotatable bonds is 4. The number of aromatic nitrogens is 3. The van der Waals surface area contributed by atoms with E-state index < -0.39 is 11.9 Å². The van der Waals surface area contributed by atoms with Gasteiger partial charge in [0.1, 0.15) is 0 Å². The molecular weight excluding hydrogens is 341 g/mol. The van der Waals surface area contributed by atoms with E-state index in [1.165, 1.54) is 0 Å². The zero-order valence-corrected chi connectivity index (χ0v) is 13.3. The first-order valence-corrected chi connectivity index (χ1v) is 7.88. The Labute approximate surface area is 138 Å². The lowest BCUT2D eigenvalue weighted by atomic mass is 9.95. The smallest absolute Gasteiger partial charge is 0.332 e. The molecule has 0 aliphatic carbocycles. The number of H-pyrrole nitrogens is 2. The summed E-state index contributed by atoms with van der Waals surface area (Å²) in [5.41, 5.74) is 1.07. The van der Waals surface area contributed by atoms with Gasteiger partial charge >= 0.3 is 6.18 Å². The summed E-state index contributed by atoms with van der Waals surface area (Å²) in [5.74, 6) is -0.106. The van der Waals surface area contributed by atoms with E-state index in [1.54, 1.807) is 18.3 Å². The van der Waals surface area contributed by atoms with Crippen molar-refractivity contribution in [2.24, 2.45) is 0 Å². The van der Waals surface area contributed by atoms with E-state index >= 15 is 0 Å². The van der Waals surface area contributed by atoms with Crippen molar-refractivity contribution < 1.29 is 13.2 Å². The number of aromatic amines is 2. The maximum Gasteiger partial charge on any atom is 0.434 e. The first-order chi connectivity index (χ1) is 11.3. The Morgan fingerprint density at radius 2 is 1.96 bits per heavy atom. The summed E-state index contributed by atoms with van der Waals surface area (Å²) < 4.78 is 37.6. The van der Waals surface area contributed by atoms with Gasteiger partial charge in [0, 0.05) is 28.7 Å². The number of alkyl halides is 3. The molecule has 0 radical (unpaired) electrons. The summed E-state index contributed by atoms with van der Waals surface area (Å²) in [6.45, 7) is 1.90. The molecule has 0 fully saturated rings. The SMILES string of the molecule is C[C@H](c1ccc(Nc2nc(C(F)(F)F)cs2)cc1)c1c[nH][nH]c1=O. The molecule has 0 amide bonds. The summed E-state index contributed by atoms with van der Waals surface area (Å²) in [7, 11) is 0. The average Bonchev–Trinajstić information content (AvgIpc) is 3.16. The molecule has 9 heteroatoms. The van der Waals surface area contributed by atoms with Crippen LogP contribution in [0.25, 0.3) is 0 Å². The normalized spacial score (nSPS) is 13.0. The van der Waals surface area contributed by atoms with Gasteiger partial charge in [-0.2, -0.15) is 13.2 Å². The Kier molecular flexibility index (Phi) is 4.18. The van der Waals surface area contributed by atoms with Crippen LogP contribution in [0.3, 0.4) is 0 Å². The first kappa shape index (κ1) is 16.3. The van der Waals surface area contributed by atoms with Crippen LogP contribution in [0.5, 0.6) is 0 Å². The van der Waals surface area contributed by atoms with Gasteiger partial charge in [-0.1, -0.05) is 19.1 Å². The van der Waals surface area contributed by atoms with Gasteiger partial charge in [-0.25, -0.2) is 4.98 Å². The van der Waals surface area contributed by atoms with E-state index in [4.69, 9.17) is 0 Å². The van der Waals surface area contributed by atoms with Crippen molar-refractivity contribution in [1.82, 2.24) is 15.2 Å². The first-order valence-electron chi connectivity index (χ1n) is 7.00. The van der Waals surface area contributed by atoms with E-state index in [2.05, 4.69) is 20.5 Å². The van der Waals surface area contributed by atoms with Crippen molar-refractivity contribution in [3.8, 4) is 0 Å². The summed E-state index contributed by atoms with van der Waals surface area (Å²) in [4.78, 5) is 15.1. The Bertz CT molecular complexity index is 879. The van der Waals surface area contributed by atoms with Crippen LogP contribution in [0.15, 0.2) is 40.6 Å². The van der Waals surface area contributed by atoms with Crippen molar-refractivity contribution >= 4 is 22.2 Å². The highest BCUT2D eigenvalue weighted by Gasteiger charge is 2.33. The predicted octanol–water partition coefficient (Wildman–Crippen LogP) is 4.07. The molecule has 2 aromatic heterocycles. The average molecular weight is 354 g/mol. The molecular formula is C15H13F3N4OS. The highest BCUT2D eigenvalue weighted by Crippen LogP contribution is 2.32. The third-order valence-electron chi connectivity index (χ3n) is 3.60. The second kappa shape index (κ2) is 6.16. The summed E-state index contributed by atoms with van der Waals surface area (Å²) >= 11 is 0.890. The lowest BCUT2D eigenvalue weighted by molar-refractivity contribution is -0.140. The maximum atomic E-state index is 12.5. The zero-order chi connectivity index (χ0) is 17.3. The van der Waals surface area contributed by atoms with Crippen LogP contribution in [-0.2, 0) is 6.18 Å². The van der Waals surface area contributed by atoms with Crippen LogP contribution in [-0.4, -0.2) is 15.2 Å². The van der Waals surface area contributed by atoms with E-state index in [0.717, 1.165) is 22.3 Å². The molecule has 0 saturated heterocycles. The number of thiazole rings is 1. The molecule has 0 bridgehead atoms. The summed E-state index contributed by atoms with van der Waals surface area (Å²) in [5, 5.41) is 9.13. The van der Waals surface area contributed by atoms with Gasteiger partial charge in [0.25, 0.3) is 5.56 Å². The fraction of sp³-hybridized carbons (Fsp3) is 0.200. The van der Waals surface area contributed by atoms with E-state index in [-0.39, 0.29) is 16.6 Å². The van der Waals surface area contributed by atoms with E-state index in [9.17, 15) is 18.0 Å². The molecule has 0 spiro atoms. The number of hydrogen-bond donors (Lipinski definition) is 3. The fourth-order valence-corrected chi connectivity index (χ4v) is 3.00. The minimum absolute atomic E-state index is 0.106. The van der Waals surface area contributed by atoms with Gasteiger partial charge < -0.3 is 10.4 Å². The highest BCUT2D eigenvalue weighted by atomic mass is 32.1. The van der Waals surface area contributed by atoms with Gasteiger partial charge in [-0.15, -0.1) is 11.3 Å². The topological polar surface area (TPSA) is 73.6 Å². The van der Waals surface area contributed by atoms with Crippen molar-refractivity contribution in [3.05, 3.63) is 63.0 Å².